The van der Waals surface area contributed by atoms with E-state index in [4.69, 9.17) is 18.6 Å². The Bertz CT molecular complexity index is 1030. The SMILES string of the molecule is COc1ncc(NC(=O)c2cc3cccc(OC)c3oc2=O)c(OC)n1. The first-order chi connectivity index (χ1) is 12.6. The Kier molecular flexibility index (Phi) is 4.70. The van der Waals surface area contributed by atoms with Crippen LogP contribution < -0.4 is 25.2 Å². The second-order valence-electron chi connectivity index (χ2n) is 5.06. The molecule has 9 nitrogen and oxygen atoms in total. The number of hydrogen-bond acceptors (Lipinski definition) is 8. The topological polar surface area (TPSA) is 113 Å². The summed E-state index contributed by atoms with van der Waals surface area (Å²) in [6, 6.07) is 6.59. The van der Waals surface area contributed by atoms with Crippen molar-refractivity contribution in [3.63, 3.8) is 0 Å². The Labute approximate surface area is 147 Å². The number of rotatable bonds is 5. The van der Waals surface area contributed by atoms with Gasteiger partial charge in [0.05, 0.1) is 27.5 Å². The van der Waals surface area contributed by atoms with Gasteiger partial charge in [-0.2, -0.15) is 4.98 Å². The second-order valence-corrected chi connectivity index (χ2v) is 5.06. The quantitative estimate of drug-likeness (QED) is 0.689. The molecule has 2 heterocycles. The molecule has 0 saturated heterocycles. The van der Waals surface area contributed by atoms with Crippen molar-refractivity contribution < 1.29 is 23.4 Å². The van der Waals surface area contributed by atoms with E-state index in [0.717, 1.165) is 0 Å². The van der Waals surface area contributed by atoms with Gasteiger partial charge in [-0.1, -0.05) is 12.1 Å². The molecule has 134 valence electrons. The van der Waals surface area contributed by atoms with Crippen LogP contribution in [0.25, 0.3) is 11.0 Å². The summed E-state index contributed by atoms with van der Waals surface area (Å²) < 4.78 is 20.4. The summed E-state index contributed by atoms with van der Waals surface area (Å²) >= 11 is 0. The van der Waals surface area contributed by atoms with Gasteiger partial charge in [-0.25, -0.2) is 9.78 Å². The molecular formula is C17H15N3O6. The largest absolute Gasteiger partial charge is 0.493 e. The summed E-state index contributed by atoms with van der Waals surface area (Å²) in [7, 11) is 4.25. The van der Waals surface area contributed by atoms with Crippen LogP contribution in [0.5, 0.6) is 17.6 Å². The molecule has 3 rings (SSSR count). The highest BCUT2D eigenvalue weighted by Gasteiger charge is 2.18. The smallest absolute Gasteiger partial charge is 0.349 e. The number of carbonyl (C=O) groups excluding carboxylic acids is 1. The van der Waals surface area contributed by atoms with Crippen LogP contribution in [0, 0.1) is 0 Å². The number of nitrogens with zero attached hydrogens (tertiary/aromatic N) is 2. The molecule has 26 heavy (non-hydrogen) atoms. The van der Waals surface area contributed by atoms with Crippen LogP contribution in [0.4, 0.5) is 5.69 Å². The maximum atomic E-state index is 12.5. The Balaban J connectivity index is 1.98. The number of nitrogens with one attached hydrogen (secondary N) is 1. The lowest BCUT2D eigenvalue weighted by Gasteiger charge is -2.10. The molecule has 0 fully saturated rings. The van der Waals surface area contributed by atoms with Gasteiger partial charge in [-0.15, -0.1) is 0 Å². The van der Waals surface area contributed by atoms with Crippen LogP contribution in [-0.4, -0.2) is 37.2 Å². The molecule has 0 aliphatic rings. The highest BCUT2D eigenvalue weighted by atomic mass is 16.5. The van der Waals surface area contributed by atoms with Crippen molar-refractivity contribution in [2.45, 2.75) is 0 Å². The number of ether oxygens (including phenoxy) is 3. The van der Waals surface area contributed by atoms with Crippen molar-refractivity contribution in [3.05, 3.63) is 46.4 Å². The van der Waals surface area contributed by atoms with Crippen molar-refractivity contribution in [2.75, 3.05) is 26.6 Å². The van der Waals surface area contributed by atoms with Crippen LogP contribution >= 0.6 is 0 Å². The van der Waals surface area contributed by atoms with Crippen LogP contribution in [0.2, 0.25) is 0 Å². The normalized spacial score (nSPS) is 10.4. The average Bonchev–Trinajstić information content (AvgIpc) is 2.67. The number of para-hydroxylation sites is 1. The van der Waals surface area contributed by atoms with E-state index in [1.807, 2.05) is 0 Å². The van der Waals surface area contributed by atoms with Gasteiger partial charge in [0.1, 0.15) is 11.3 Å². The zero-order valence-electron chi connectivity index (χ0n) is 14.2. The van der Waals surface area contributed by atoms with Crippen LogP contribution in [0.3, 0.4) is 0 Å². The molecule has 0 atom stereocenters. The monoisotopic (exact) mass is 357 g/mol. The fourth-order valence-corrected chi connectivity index (χ4v) is 2.32. The van der Waals surface area contributed by atoms with Gasteiger partial charge in [0, 0.05) is 5.39 Å². The molecule has 1 amide bonds. The zero-order valence-corrected chi connectivity index (χ0v) is 14.2. The summed E-state index contributed by atoms with van der Waals surface area (Å²) in [6.07, 6.45) is 1.31. The first-order valence-corrected chi connectivity index (χ1v) is 7.44. The van der Waals surface area contributed by atoms with Gasteiger partial charge >= 0.3 is 11.6 Å². The van der Waals surface area contributed by atoms with Crippen molar-refractivity contribution >= 4 is 22.6 Å². The first-order valence-electron chi connectivity index (χ1n) is 7.44. The van der Waals surface area contributed by atoms with E-state index in [2.05, 4.69) is 15.3 Å². The molecule has 1 N–H and O–H groups in total. The number of anilines is 1. The molecule has 9 heteroatoms. The Morgan fingerprint density at radius 3 is 2.65 bits per heavy atom. The van der Waals surface area contributed by atoms with Gasteiger partial charge in [0.2, 0.25) is 5.88 Å². The molecular weight excluding hydrogens is 342 g/mol. The molecule has 0 aliphatic heterocycles. The summed E-state index contributed by atoms with van der Waals surface area (Å²) in [5.74, 6) is -0.190. The molecule has 0 spiro atoms. The van der Waals surface area contributed by atoms with Gasteiger partial charge < -0.3 is 23.9 Å². The molecule has 0 unspecified atom stereocenters. The molecule has 0 bridgehead atoms. The van der Waals surface area contributed by atoms with E-state index in [0.29, 0.717) is 11.1 Å². The van der Waals surface area contributed by atoms with E-state index < -0.39 is 11.5 Å². The number of carbonyl (C=O) groups is 1. The van der Waals surface area contributed by atoms with E-state index in [1.54, 1.807) is 18.2 Å². The molecule has 0 saturated carbocycles. The van der Waals surface area contributed by atoms with Crippen molar-refractivity contribution in [2.24, 2.45) is 0 Å². The van der Waals surface area contributed by atoms with E-state index in [9.17, 15) is 9.59 Å². The van der Waals surface area contributed by atoms with Crippen LogP contribution in [-0.2, 0) is 0 Å². The number of fused-ring (bicyclic) bond motifs is 1. The summed E-state index contributed by atoms with van der Waals surface area (Å²) in [5, 5.41) is 3.08. The zero-order chi connectivity index (χ0) is 18.7. The average molecular weight is 357 g/mol. The highest BCUT2D eigenvalue weighted by Crippen LogP contribution is 2.26. The standard InChI is InChI=1S/C17H15N3O6/c1-23-12-6-4-5-9-7-10(16(22)26-13(9)12)14(21)19-11-8-18-17(25-3)20-15(11)24-2/h4-8H,1-3H3,(H,19,21). The Morgan fingerprint density at radius 1 is 1.15 bits per heavy atom. The third-order valence-electron chi connectivity index (χ3n) is 3.54. The number of amides is 1. The van der Waals surface area contributed by atoms with Gasteiger partial charge in [0.25, 0.3) is 5.91 Å². The summed E-state index contributed by atoms with van der Waals surface area (Å²) in [5.41, 5.74) is -0.526. The first kappa shape index (κ1) is 17.2. The number of methoxy groups -OCH3 is 3. The molecule has 3 aromatic rings. The minimum atomic E-state index is -0.798. The fourth-order valence-electron chi connectivity index (χ4n) is 2.32. The van der Waals surface area contributed by atoms with Crippen molar-refractivity contribution in [1.29, 1.82) is 0 Å². The van der Waals surface area contributed by atoms with E-state index in [-0.39, 0.29) is 28.7 Å². The lowest BCUT2D eigenvalue weighted by molar-refractivity contribution is 0.102. The Morgan fingerprint density at radius 2 is 1.96 bits per heavy atom. The predicted molar refractivity (Wildman–Crippen MR) is 92.1 cm³/mol. The number of hydrogen-bond donors (Lipinski definition) is 1. The number of benzene rings is 1. The molecule has 2 aromatic heterocycles. The van der Waals surface area contributed by atoms with E-state index >= 15 is 0 Å². The van der Waals surface area contributed by atoms with Crippen LogP contribution in [0.15, 0.2) is 39.7 Å². The van der Waals surface area contributed by atoms with Crippen LogP contribution in [0.1, 0.15) is 10.4 Å². The highest BCUT2D eigenvalue weighted by molar-refractivity contribution is 6.06. The second kappa shape index (κ2) is 7.09. The molecule has 1 aromatic carbocycles. The van der Waals surface area contributed by atoms with E-state index in [1.165, 1.54) is 33.6 Å². The third kappa shape index (κ3) is 3.14. The fraction of sp³-hybridized carbons (Fsp3) is 0.176. The van der Waals surface area contributed by atoms with Gasteiger partial charge in [0.15, 0.2) is 11.3 Å². The summed E-state index contributed by atoms with van der Waals surface area (Å²) in [4.78, 5) is 32.6. The third-order valence-corrected chi connectivity index (χ3v) is 3.54. The van der Waals surface area contributed by atoms with Crippen molar-refractivity contribution in [1.82, 2.24) is 9.97 Å². The van der Waals surface area contributed by atoms with Crippen molar-refractivity contribution in [3.8, 4) is 17.6 Å². The minimum absolute atomic E-state index is 0.0807. The molecule has 0 radical (unpaired) electrons. The lowest BCUT2D eigenvalue weighted by atomic mass is 10.1. The number of aromatic nitrogens is 2. The maximum absolute atomic E-state index is 12.5. The predicted octanol–water partition coefficient (Wildman–Crippen LogP) is 1.86. The summed E-state index contributed by atoms with van der Waals surface area (Å²) in [6.45, 7) is 0. The molecule has 0 aliphatic carbocycles. The maximum Gasteiger partial charge on any atom is 0.349 e. The van der Waals surface area contributed by atoms with Gasteiger partial charge in [-0.3, -0.25) is 4.79 Å². The Hall–Kier alpha value is -3.62. The van der Waals surface area contributed by atoms with Gasteiger partial charge in [-0.05, 0) is 12.1 Å². The minimum Gasteiger partial charge on any atom is -0.493 e. The lowest BCUT2D eigenvalue weighted by Crippen LogP contribution is -2.21.